The lowest BCUT2D eigenvalue weighted by molar-refractivity contribution is -0.0326. The van der Waals surface area contributed by atoms with Crippen LogP contribution in [-0.2, 0) is 9.84 Å². The molecule has 0 unspecified atom stereocenters. The minimum absolute atomic E-state index is 0.0699. The van der Waals surface area contributed by atoms with Crippen LogP contribution >= 0.6 is 23.4 Å². The van der Waals surface area contributed by atoms with Gasteiger partial charge in [-0.1, -0.05) is 17.7 Å². The molecule has 0 aliphatic rings. The van der Waals surface area contributed by atoms with Crippen LogP contribution in [0.5, 0.6) is 0 Å². The van der Waals surface area contributed by atoms with Gasteiger partial charge in [-0.15, -0.1) is 0 Å². The second kappa shape index (κ2) is 5.58. The molecule has 0 atom stereocenters. The largest absolute Gasteiger partial charge is 0.441 e. The van der Waals surface area contributed by atoms with Crippen molar-refractivity contribution in [1.29, 1.82) is 0 Å². The molecule has 3 nitrogen and oxygen atoms in total. The fraction of sp³-hybridized carbons (Fsp3) is 0.333. The zero-order chi connectivity index (χ0) is 14.0. The van der Waals surface area contributed by atoms with Gasteiger partial charge in [0.25, 0.3) is 0 Å². The lowest BCUT2D eigenvalue weighted by atomic mass is 10.3. The van der Waals surface area contributed by atoms with Crippen molar-refractivity contribution in [2.45, 2.75) is 10.4 Å². The van der Waals surface area contributed by atoms with E-state index in [4.69, 9.17) is 17.3 Å². The number of benzene rings is 1. The number of rotatable bonds is 4. The Bertz CT molecular complexity index is 511. The van der Waals surface area contributed by atoms with Gasteiger partial charge in [-0.3, -0.25) is 0 Å². The normalized spacial score (nSPS) is 12.7. The summed E-state index contributed by atoms with van der Waals surface area (Å²) < 4.78 is 59.4. The highest BCUT2D eigenvalue weighted by Gasteiger charge is 2.30. The molecule has 9 heteroatoms. The Morgan fingerprint density at radius 3 is 2.44 bits per heavy atom. The molecule has 0 fully saturated rings. The van der Waals surface area contributed by atoms with E-state index in [2.05, 4.69) is 0 Å². The highest BCUT2D eigenvalue weighted by atomic mass is 35.5. The van der Waals surface area contributed by atoms with Gasteiger partial charge in [-0.05, 0) is 23.9 Å². The van der Waals surface area contributed by atoms with Crippen LogP contribution in [0.4, 0.5) is 18.9 Å². The van der Waals surface area contributed by atoms with Crippen LogP contribution < -0.4 is 5.73 Å². The minimum Gasteiger partial charge on any atom is -0.398 e. The predicted octanol–water partition coefficient (Wildman–Crippen LogP) is 2.95. The van der Waals surface area contributed by atoms with Gasteiger partial charge in [0.15, 0.2) is 9.84 Å². The molecular formula is C9H9ClF3NO2S2. The van der Waals surface area contributed by atoms with Gasteiger partial charge in [-0.25, -0.2) is 8.42 Å². The number of hydrogen-bond acceptors (Lipinski definition) is 4. The van der Waals surface area contributed by atoms with Crippen LogP contribution in [0.25, 0.3) is 0 Å². The second-order valence-corrected chi connectivity index (χ2v) is 6.88. The Hall–Kier alpha value is -0.600. The molecule has 1 aromatic rings. The Morgan fingerprint density at radius 1 is 1.33 bits per heavy atom. The summed E-state index contributed by atoms with van der Waals surface area (Å²) in [5, 5.41) is -0.0907. The summed E-state index contributed by atoms with van der Waals surface area (Å²) in [6, 6.07) is 4.11. The Kier molecular flexibility index (Phi) is 4.79. The minimum atomic E-state index is -4.46. The Morgan fingerprint density at radius 2 is 1.94 bits per heavy atom. The molecule has 0 heterocycles. The molecule has 0 saturated heterocycles. The fourth-order valence-corrected chi connectivity index (χ4v) is 4.20. The van der Waals surface area contributed by atoms with Crippen molar-refractivity contribution >= 4 is 38.9 Å². The maximum Gasteiger partial charge on any atom is 0.441 e. The molecule has 0 bridgehead atoms. The third-order valence-corrected chi connectivity index (χ3v) is 5.17. The van der Waals surface area contributed by atoms with E-state index in [9.17, 15) is 21.6 Å². The average Bonchev–Trinajstić information content (AvgIpc) is 2.13. The number of nitrogens with two attached hydrogens (primary N) is 1. The maximum atomic E-state index is 11.9. The van der Waals surface area contributed by atoms with E-state index in [-0.39, 0.29) is 15.6 Å². The van der Waals surface area contributed by atoms with Gasteiger partial charge in [0.05, 0.1) is 16.5 Å². The third-order valence-electron chi connectivity index (χ3n) is 1.93. The lowest BCUT2D eigenvalue weighted by Gasteiger charge is -2.10. The van der Waals surface area contributed by atoms with E-state index < -0.39 is 38.6 Å². The van der Waals surface area contributed by atoms with E-state index in [0.717, 1.165) is 0 Å². The second-order valence-electron chi connectivity index (χ2n) is 3.27. The molecule has 0 radical (unpaired) electrons. The summed E-state index contributed by atoms with van der Waals surface area (Å²) in [4.78, 5) is -0.311. The lowest BCUT2D eigenvalue weighted by Crippen LogP contribution is -2.14. The van der Waals surface area contributed by atoms with Crippen LogP contribution in [0, 0.1) is 0 Å². The maximum absolute atomic E-state index is 11.9. The van der Waals surface area contributed by atoms with E-state index in [1.165, 1.54) is 18.2 Å². The fourth-order valence-electron chi connectivity index (χ4n) is 1.22. The van der Waals surface area contributed by atoms with E-state index in [0.29, 0.717) is 0 Å². The van der Waals surface area contributed by atoms with E-state index in [1.807, 2.05) is 0 Å². The van der Waals surface area contributed by atoms with Crippen molar-refractivity contribution in [2.75, 3.05) is 17.2 Å². The van der Waals surface area contributed by atoms with Crippen LogP contribution in [-0.4, -0.2) is 25.4 Å². The van der Waals surface area contributed by atoms with Crippen LogP contribution in [0.15, 0.2) is 23.1 Å². The molecule has 18 heavy (non-hydrogen) atoms. The van der Waals surface area contributed by atoms with Gasteiger partial charge in [-0.2, -0.15) is 13.2 Å². The third kappa shape index (κ3) is 4.25. The molecule has 0 aliphatic carbocycles. The number of thioether (sulfide) groups is 1. The topological polar surface area (TPSA) is 60.2 Å². The summed E-state index contributed by atoms with van der Waals surface area (Å²) in [5.41, 5.74) is 0.946. The quantitative estimate of drug-likeness (QED) is 0.867. The predicted molar refractivity (Wildman–Crippen MR) is 66.4 cm³/mol. The highest BCUT2D eigenvalue weighted by Crippen LogP contribution is 2.32. The number of halogens is 4. The number of anilines is 1. The number of sulfone groups is 1. The molecule has 0 spiro atoms. The van der Waals surface area contributed by atoms with Crippen molar-refractivity contribution in [3.8, 4) is 0 Å². The zero-order valence-electron chi connectivity index (χ0n) is 8.87. The van der Waals surface area contributed by atoms with E-state index >= 15 is 0 Å². The van der Waals surface area contributed by atoms with Crippen molar-refractivity contribution in [2.24, 2.45) is 0 Å². The van der Waals surface area contributed by atoms with Gasteiger partial charge < -0.3 is 5.73 Å². The summed E-state index contributed by atoms with van der Waals surface area (Å²) in [5.74, 6) is -1.28. The molecule has 1 aromatic carbocycles. The van der Waals surface area contributed by atoms with Crippen molar-refractivity contribution < 1.29 is 21.6 Å². The summed E-state index contributed by atoms with van der Waals surface area (Å²) in [6.45, 7) is 0. The first-order valence-electron chi connectivity index (χ1n) is 4.61. The summed E-state index contributed by atoms with van der Waals surface area (Å²) in [6.07, 6.45) is 0. The van der Waals surface area contributed by atoms with Crippen LogP contribution in [0.2, 0.25) is 5.02 Å². The highest BCUT2D eigenvalue weighted by molar-refractivity contribution is 8.01. The first-order valence-corrected chi connectivity index (χ1v) is 7.62. The summed E-state index contributed by atoms with van der Waals surface area (Å²) in [7, 11) is -3.92. The van der Waals surface area contributed by atoms with Gasteiger partial charge in [0.2, 0.25) is 0 Å². The average molecular weight is 320 g/mol. The number of hydrogen-bond donors (Lipinski definition) is 1. The molecule has 2 N–H and O–H groups in total. The van der Waals surface area contributed by atoms with Gasteiger partial charge in [0, 0.05) is 5.75 Å². The first-order chi connectivity index (χ1) is 8.13. The number of alkyl halides is 3. The summed E-state index contributed by atoms with van der Waals surface area (Å²) >= 11 is 5.30. The molecule has 0 aromatic heterocycles. The standard InChI is InChI=1S/C9H9ClF3NO2S2/c10-6-2-1-3-7(14)8(6)18(15,16)5-4-17-9(11,12)13/h1-3H,4-5,14H2. The van der Waals surface area contributed by atoms with Gasteiger partial charge >= 0.3 is 5.51 Å². The van der Waals surface area contributed by atoms with Crippen molar-refractivity contribution in [3.05, 3.63) is 23.2 Å². The van der Waals surface area contributed by atoms with Crippen LogP contribution in [0.1, 0.15) is 0 Å². The molecular weight excluding hydrogens is 311 g/mol. The first kappa shape index (κ1) is 15.5. The molecule has 0 amide bonds. The molecule has 1 rings (SSSR count). The van der Waals surface area contributed by atoms with Gasteiger partial charge in [0.1, 0.15) is 4.90 Å². The molecule has 102 valence electrons. The number of nitrogen functional groups attached to an aromatic ring is 1. The van der Waals surface area contributed by atoms with Crippen LogP contribution in [0.3, 0.4) is 0 Å². The molecule has 0 saturated carbocycles. The van der Waals surface area contributed by atoms with Crippen molar-refractivity contribution in [3.63, 3.8) is 0 Å². The van der Waals surface area contributed by atoms with Crippen molar-refractivity contribution in [1.82, 2.24) is 0 Å². The van der Waals surface area contributed by atoms with E-state index in [1.54, 1.807) is 0 Å². The molecule has 0 aliphatic heterocycles. The smallest absolute Gasteiger partial charge is 0.398 e. The zero-order valence-corrected chi connectivity index (χ0v) is 11.3. The Balaban J connectivity index is 2.88. The monoisotopic (exact) mass is 319 g/mol. The SMILES string of the molecule is Nc1cccc(Cl)c1S(=O)(=O)CCSC(F)(F)F. The Labute approximate surface area is 111 Å².